The van der Waals surface area contributed by atoms with E-state index in [2.05, 4.69) is 23.7 Å². The molecule has 0 spiro atoms. The minimum Gasteiger partial charge on any atom is -0.467 e. The molecule has 0 aromatic heterocycles. The maximum Gasteiger partial charge on any atom is 0.371 e. The van der Waals surface area contributed by atoms with E-state index in [0.717, 1.165) is 0 Å². The molecule has 0 rings (SSSR count). The van der Waals surface area contributed by atoms with Crippen molar-refractivity contribution < 1.29 is 62.0 Å². The van der Waals surface area contributed by atoms with Crippen LogP contribution >= 0.6 is 0 Å². The van der Waals surface area contributed by atoms with Gasteiger partial charge in [0.1, 0.15) is 26.4 Å². The van der Waals surface area contributed by atoms with Crippen molar-refractivity contribution in [3.8, 4) is 0 Å². The normalized spacial score (nSPS) is 8.06. The predicted molar refractivity (Wildman–Crippen MR) is 102 cm³/mol. The molecule has 0 radical (unpaired) electrons. The number of hydrogen-bond donors (Lipinski definition) is 0. The summed E-state index contributed by atoms with van der Waals surface area (Å²) in [5.41, 5.74) is 0. The van der Waals surface area contributed by atoms with E-state index < -0.39 is 11.9 Å². The zero-order valence-corrected chi connectivity index (χ0v) is 18.3. The lowest BCUT2D eigenvalue weighted by Gasteiger charge is -1.93. The number of methoxy groups -OCH3 is 2. The summed E-state index contributed by atoms with van der Waals surface area (Å²) in [5.74, 6) is -2.34. The number of Topliss-reactive ketones (excluding diaryl/α,β-unsaturated/α-hetero) is 3. The molecule has 0 atom stereocenters. The number of esters is 3. The van der Waals surface area contributed by atoms with E-state index in [-0.39, 0.29) is 62.5 Å². The highest BCUT2D eigenvalue weighted by atomic mass is 16.6. The number of rotatable bonds is 10. The molecular weight excluding hydrogens is 424 g/mol. The molecule has 0 aliphatic carbocycles. The van der Waals surface area contributed by atoms with Crippen LogP contribution in [0.2, 0.25) is 0 Å². The number of carbonyl (C=O) groups is 8. The Kier molecular flexibility index (Phi) is 29.9. The first-order valence-corrected chi connectivity index (χ1v) is 8.22. The second-order valence-corrected chi connectivity index (χ2v) is 5.03. The van der Waals surface area contributed by atoms with Gasteiger partial charge in [0.05, 0.1) is 7.11 Å². The molecule has 0 saturated carbocycles. The smallest absolute Gasteiger partial charge is 0.371 e. The van der Waals surface area contributed by atoms with Crippen LogP contribution in [0.5, 0.6) is 0 Å². The van der Waals surface area contributed by atoms with E-state index >= 15 is 0 Å². The first-order chi connectivity index (χ1) is 14.4. The maximum atomic E-state index is 10.1. The molecule has 0 N–H and O–H groups in total. The molecule has 0 aromatic rings. The molecule has 0 unspecified atom stereocenters. The highest BCUT2D eigenvalue weighted by molar-refractivity contribution is 6.20. The fraction of sp³-hybridized carbons (Fsp3) is 0.556. The van der Waals surface area contributed by atoms with E-state index in [1.165, 1.54) is 41.9 Å². The Bertz CT molecular complexity index is 567. The quantitative estimate of drug-likeness (QED) is 0.170. The van der Waals surface area contributed by atoms with Crippen LogP contribution in [-0.4, -0.2) is 88.7 Å². The topological polar surface area (TPSA) is 183 Å². The number of aldehydes is 1. The summed E-state index contributed by atoms with van der Waals surface area (Å²) < 4.78 is 21.1. The average Bonchev–Trinajstić information content (AvgIpc) is 2.70. The van der Waals surface area contributed by atoms with Crippen LogP contribution in [0.4, 0.5) is 0 Å². The average molecular weight is 452 g/mol. The summed E-state index contributed by atoms with van der Waals surface area (Å²) in [6.45, 7) is 5.00. The third kappa shape index (κ3) is 51.9. The van der Waals surface area contributed by atoms with E-state index in [0.29, 0.717) is 0 Å². The lowest BCUT2D eigenvalue weighted by atomic mass is 10.5. The molecule has 13 heteroatoms. The second-order valence-electron chi connectivity index (χ2n) is 5.03. The molecular formula is C18H28O13. The van der Waals surface area contributed by atoms with Gasteiger partial charge in [-0.15, -0.1) is 0 Å². The molecule has 0 amide bonds. The van der Waals surface area contributed by atoms with Crippen molar-refractivity contribution in [1.29, 1.82) is 0 Å². The lowest BCUT2D eigenvalue weighted by molar-refractivity contribution is -0.151. The molecule has 0 bridgehead atoms. The summed E-state index contributed by atoms with van der Waals surface area (Å²) in [6, 6.07) is 0. The molecule has 31 heavy (non-hydrogen) atoms. The Hall–Kier alpha value is -3.48. The van der Waals surface area contributed by atoms with E-state index in [4.69, 9.17) is 0 Å². The Morgan fingerprint density at radius 3 is 1.32 bits per heavy atom. The SMILES string of the molecule is CC(=O)COC(=O)C=O.CC(=O)COC(C)=O.CC(=O)COC=O.COCC(=O)OC. The number of carbonyl (C=O) groups excluding carboxylic acids is 8. The molecule has 0 saturated heterocycles. The first kappa shape index (κ1) is 35.0. The lowest BCUT2D eigenvalue weighted by Crippen LogP contribution is -2.11. The molecule has 0 aliphatic heterocycles. The van der Waals surface area contributed by atoms with Crippen molar-refractivity contribution in [3.63, 3.8) is 0 Å². The van der Waals surface area contributed by atoms with Gasteiger partial charge in [0.25, 0.3) is 6.47 Å². The highest BCUT2D eigenvalue weighted by Crippen LogP contribution is 1.76. The summed E-state index contributed by atoms with van der Waals surface area (Å²) in [4.78, 5) is 78.9. The van der Waals surface area contributed by atoms with Gasteiger partial charge in [-0.25, -0.2) is 9.59 Å². The summed E-state index contributed by atoms with van der Waals surface area (Å²) >= 11 is 0. The van der Waals surface area contributed by atoms with Crippen molar-refractivity contribution >= 4 is 48.0 Å². The molecule has 0 aliphatic rings. The zero-order chi connectivity index (χ0) is 25.2. The fourth-order valence-corrected chi connectivity index (χ4v) is 0.738. The van der Waals surface area contributed by atoms with Gasteiger partial charge in [0.2, 0.25) is 6.29 Å². The molecule has 178 valence electrons. The van der Waals surface area contributed by atoms with Gasteiger partial charge in [-0.3, -0.25) is 28.8 Å². The second kappa shape index (κ2) is 26.5. The molecule has 0 heterocycles. The Labute approximate surface area is 179 Å². The largest absolute Gasteiger partial charge is 0.467 e. The van der Waals surface area contributed by atoms with E-state index in [1.54, 1.807) is 0 Å². The number of hydrogen-bond acceptors (Lipinski definition) is 13. The van der Waals surface area contributed by atoms with Crippen molar-refractivity contribution in [2.75, 3.05) is 40.6 Å². The van der Waals surface area contributed by atoms with E-state index in [9.17, 15) is 38.4 Å². The van der Waals surface area contributed by atoms with E-state index in [1.807, 2.05) is 0 Å². The van der Waals surface area contributed by atoms with Gasteiger partial charge < -0.3 is 23.7 Å². The van der Waals surface area contributed by atoms with Crippen LogP contribution < -0.4 is 0 Å². The third-order valence-corrected chi connectivity index (χ3v) is 1.84. The Balaban J connectivity index is -0.000000158. The predicted octanol–water partition coefficient (Wildman–Crippen LogP) is -0.990. The zero-order valence-electron chi connectivity index (χ0n) is 18.3. The van der Waals surface area contributed by atoms with Gasteiger partial charge in [0.15, 0.2) is 17.3 Å². The fourth-order valence-electron chi connectivity index (χ4n) is 0.738. The minimum atomic E-state index is -1.01. The van der Waals surface area contributed by atoms with Crippen molar-refractivity contribution in [3.05, 3.63) is 0 Å². The number of ketones is 3. The standard InChI is InChI=1S/C5H6O4.C5H8O3.C4H8O3.C4H6O3/c1-4(7)3-9-5(8)2-6;1-4(6)3-8-5(2)7;1-6-3-4(5)7-2;1-4(6)2-7-3-5/h2H,3H2,1H3;3H2,1-2H3;3H2,1-2H3;3H,2H2,1H3. The van der Waals surface area contributed by atoms with Gasteiger partial charge >= 0.3 is 17.9 Å². The van der Waals surface area contributed by atoms with Gasteiger partial charge in [-0.2, -0.15) is 0 Å². The van der Waals surface area contributed by atoms with Gasteiger partial charge in [0, 0.05) is 14.0 Å². The summed E-state index contributed by atoms with van der Waals surface area (Å²) in [7, 11) is 2.76. The van der Waals surface area contributed by atoms with Gasteiger partial charge in [-0.05, 0) is 20.8 Å². The van der Waals surface area contributed by atoms with Crippen molar-refractivity contribution in [1.82, 2.24) is 0 Å². The molecule has 0 aromatic carbocycles. The maximum absolute atomic E-state index is 10.1. The Morgan fingerprint density at radius 1 is 0.677 bits per heavy atom. The van der Waals surface area contributed by atoms with Crippen LogP contribution in [0.25, 0.3) is 0 Å². The molecule has 13 nitrogen and oxygen atoms in total. The van der Waals surface area contributed by atoms with Crippen LogP contribution in [-0.2, 0) is 62.0 Å². The van der Waals surface area contributed by atoms with Crippen LogP contribution in [0.3, 0.4) is 0 Å². The third-order valence-electron chi connectivity index (χ3n) is 1.84. The van der Waals surface area contributed by atoms with Crippen LogP contribution in [0.1, 0.15) is 27.7 Å². The van der Waals surface area contributed by atoms with Gasteiger partial charge in [-0.1, -0.05) is 0 Å². The monoisotopic (exact) mass is 452 g/mol. The summed E-state index contributed by atoms with van der Waals surface area (Å²) in [6.07, 6.45) is 0.0168. The highest BCUT2D eigenvalue weighted by Gasteiger charge is 1.99. The van der Waals surface area contributed by atoms with Crippen LogP contribution in [0, 0.1) is 0 Å². The molecule has 0 fully saturated rings. The Morgan fingerprint density at radius 2 is 1.13 bits per heavy atom. The van der Waals surface area contributed by atoms with Crippen molar-refractivity contribution in [2.24, 2.45) is 0 Å². The summed E-state index contributed by atoms with van der Waals surface area (Å²) in [5, 5.41) is 0. The van der Waals surface area contributed by atoms with Crippen LogP contribution in [0.15, 0.2) is 0 Å². The number of ether oxygens (including phenoxy) is 5. The van der Waals surface area contributed by atoms with Crippen molar-refractivity contribution in [2.45, 2.75) is 27.7 Å². The first-order valence-electron chi connectivity index (χ1n) is 8.22. The minimum absolute atomic E-state index is 0.0168.